The zero-order chi connectivity index (χ0) is 15.3. The van der Waals surface area contributed by atoms with Gasteiger partial charge < -0.3 is 9.47 Å². The van der Waals surface area contributed by atoms with Crippen LogP contribution in [-0.4, -0.2) is 33.4 Å². The third-order valence-corrected chi connectivity index (χ3v) is 4.89. The van der Waals surface area contributed by atoms with Crippen molar-refractivity contribution in [3.05, 3.63) is 30.1 Å². The topological polar surface area (TPSA) is 38.1 Å². The van der Waals surface area contributed by atoms with Crippen LogP contribution in [0.5, 0.6) is 0 Å². The molecule has 0 radical (unpaired) electrons. The number of imidazole rings is 1. The number of carbonyl (C=O) groups is 1. The molecular formula is C18H23N3O. The average Bonchev–Trinajstić information content (AvgIpc) is 3.10. The van der Waals surface area contributed by atoms with Gasteiger partial charge in [-0.1, -0.05) is 12.1 Å². The highest BCUT2D eigenvalue weighted by Crippen LogP contribution is 2.36. The molecule has 2 fully saturated rings. The first kappa shape index (κ1) is 13.8. The van der Waals surface area contributed by atoms with Crippen molar-refractivity contribution in [1.82, 2.24) is 14.5 Å². The highest BCUT2D eigenvalue weighted by atomic mass is 16.2. The Hall–Kier alpha value is -1.84. The van der Waals surface area contributed by atoms with Gasteiger partial charge in [0.15, 0.2) is 0 Å². The molecule has 2 aliphatic rings. The predicted octanol–water partition coefficient (Wildman–Crippen LogP) is 3.34. The molecule has 4 heteroatoms. The number of fused-ring (bicyclic) bond motifs is 1. The molecule has 1 atom stereocenters. The van der Waals surface area contributed by atoms with Crippen LogP contribution in [0.15, 0.2) is 24.3 Å². The van der Waals surface area contributed by atoms with Gasteiger partial charge in [0.05, 0.1) is 11.0 Å². The van der Waals surface area contributed by atoms with E-state index >= 15 is 0 Å². The summed E-state index contributed by atoms with van der Waals surface area (Å²) in [5.74, 6) is 2.38. The van der Waals surface area contributed by atoms with Crippen LogP contribution in [0.3, 0.4) is 0 Å². The fourth-order valence-electron chi connectivity index (χ4n) is 3.63. The lowest BCUT2D eigenvalue weighted by molar-refractivity contribution is -0.127. The number of benzene rings is 1. The normalized spacial score (nSPS) is 22.2. The van der Waals surface area contributed by atoms with Crippen molar-refractivity contribution in [1.29, 1.82) is 0 Å². The largest absolute Gasteiger partial charge is 0.342 e. The Balaban J connectivity index is 1.68. The molecule has 1 aliphatic carbocycles. The molecule has 4 nitrogen and oxygen atoms in total. The van der Waals surface area contributed by atoms with Crippen LogP contribution in [0.1, 0.15) is 50.9 Å². The summed E-state index contributed by atoms with van der Waals surface area (Å²) >= 11 is 0. The van der Waals surface area contributed by atoms with Gasteiger partial charge in [-0.2, -0.15) is 0 Å². The van der Waals surface area contributed by atoms with E-state index in [9.17, 15) is 4.79 Å². The average molecular weight is 297 g/mol. The van der Waals surface area contributed by atoms with Gasteiger partial charge in [-0.05, 0) is 44.7 Å². The minimum absolute atomic E-state index is 0.237. The minimum atomic E-state index is 0.237. The molecule has 4 rings (SSSR count). The Kier molecular flexibility index (Phi) is 3.21. The summed E-state index contributed by atoms with van der Waals surface area (Å²) in [6, 6.07) is 8.64. The van der Waals surface area contributed by atoms with Crippen LogP contribution in [-0.2, 0) is 4.79 Å². The van der Waals surface area contributed by atoms with Crippen LogP contribution in [0.2, 0.25) is 0 Å². The number of rotatable bonds is 4. The third-order valence-electron chi connectivity index (χ3n) is 4.89. The number of aromatic nitrogens is 2. The van der Waals surface area contributed by atoms with Gasteiger partial charge in [0.1, 0.15) is 5.82 Å². The molecule has 1 aromatic heterocycles. The quantitative estimate of drug-likeness (QED) is 0.868. The first-order valence-corrected chi connectivity index (χ1v) is 8.38. The number of carbonyl (C=O) groups excluding carboxylic acids is 1. The van der Waals surface area contributed by atoms with Crippen molar-refractivity contribution in [3.63, 3.8) is 0 Å². The summed E-state index contributed by atoms with van der Waals surface area (Å²) in [4.78, 5) is 19.2. The van der Waals surface area contributed by atoms with Crippen molar-refractivity contribution < 1.29 is 4.79 Å². The van der Waals surface area contributed by atoms with Crippen LogP contribution in [0.4, 0.5) is 0 Å². The molecule has 0 bridgehead atoms. The lowest BCUT2D eigenvalue weighted by Crippen LogP contribution is -2.27. The highest BCUT2D eigenvalue weighted by molar-refractivity contribution is 5.81. The van der Waals surface area contributed by atoms with E-state index in [1.807, 2.05) is 6.07 Å². The van der Waals surface area contributed by atoms with E-state index in [1.54, 1.807) is 0 Å². The zero-order valence-electron chi connectivity index (χ0n) is 13.3. The molecule has 0 N–H and O–H groups in total. The first-order valence-electron chi connectivity index (χ1n) is 8.38. The summed E-state index contributed by atoms with van der Waals surface area (Å²) in [6.07, 6.45) is 3.20. The minimum Gasteiger partial charge on any atom is -0.342 e. The molecule has 116 valence electrons. The molecular weight excluding hydrogens is 274 g/mol. The number of para-hydroxylation sites is 2. The Morgan fingerprint density at radius 3 is 2.77 bits per heavy atom. The third kappa shape index (κ3) is 2.31. The van der Waals surface area contributed by atoms with Gasteiger partial charge >= 0.3 is 0 Å². The van der Waals surface area contributed by atoms with Crippen LogP contribution >= 0.6 is 0 Å². The summed E-state index contributed by atoms with van der Waals surface area (Å²) < 4.78 is 2.31. The Bertz CT molecular complexity index is 714. The lowest BCUT2D eigenvalue weighted by atomic mass is 10.1. The maximum Gasteiger partial charge on any atom is 0.223 e. The number of amides is 1. The maximum absolute atomic E-state index is 12.3. The summed E-state index contributed by atoms with van der Waals surface area (Å²) in [7, 11) is 0. The number of likely N-dealkylation sites (tertiary alicyclic amines) is 1. The van der Waals surface area contributed by atoms with Crippen LogP contribution in [0.25, 0.3) is 11.0 Å². The fourth-order valence-corrected chi connectivity index (χ4v) is 3.63. The van der Waals surface area contributed by atoms with E-state index in [2.05, 4.69) is 41.5 Å². The first-order chi connectivity index (χ1) is 10.6. The van der Waals surface area contributed by atoms with E-state index in [0.717, 1.165) is 30.3 Å². The van der Waals surface area contributed by atoms with E-state index in [-0.39, 0.29) is 5.92 Å². The molecule has 2 aromatic rings. The second-order valence-electron chi connectivity index (χ2n) is 7.07. The predicted molar refractivity (Wildman–Crippen MR) is 86.8 cm³/mol. The van der Waals surface area contributed by atoms with Gasteiger partial charge in [0, 0.05) is 31.5 Å². The molecule has 1 aromatic carbocycles. The lowest BCUT2D eigenvalue weighted by Gasteiger charge is -2.18. The van der Waals surface area contributed by atoms with E-state index in [1.165, 1.54) is 18.4 Å². The summed E-state index contributed by atoms with van der Waals surface area (Å²) in [6.45, 7) is 6.18. The number of hydrogen-bond acceptors (Lipinski definition) is 2. The molecule has 1 amide bonds. The van der Waals surface area contributed by atoms with Gasteiger partial charge in [-0.25, -0.2) is 4.98 Å². The SMILES string of the molecule is CC(C)n1c(C2CC(=O)N(CC3CC3)C2)nc2ccccc21. The van der Waals surface area contributed by atoms with E-state index in [0.29, 0.717) is 18.4 Å². The van der Waals surface area contributed by atoms with Crippen LogP contribution in [0, 0.1) is 5.92 Å². The van der Waals surface area contributed by atoms with Gasteiger partial charge in [-0.3, -0.25) is 4.79 Å². The maximum atomic E-state index is 12.3. The van der Waals surface area contributed by atoms with Crippen molar-refractivity contribution in [3.8, 4) is 0 Å². The fraction of sp³-hybridized carbons (Fsp3) is 0.556. The number of nitrogens with zero attached hydrogens (tertiary/aromatic N) is 3. The molecule has 22 heavy (non-hydrogen) atoms. The van der Waals surface area contributed by atoms with E-state index < -0.39 is 0 Å². The second-order valence-corrected chi connectivity index (χ2v) is 7.07. The molecule has 0 spiro atoms. The summed E-state index contributed by atoms with van der Waals surface area (Å²) in [5.41, 5.74) is 2.22. The second kappa shape index (κ2) is 5.11. The monoisotopic (exact) mass is 297 g/mol. The summed E-state index contributed by atoms with van der Waals surface area (Å²) in [5, 5.41) is 0. The Labute approximate surface area is 131 Å². The number of hydrogen-bond donors (Lipinski definition) is 0. The van der Waals surface area contributed by atoms with Crippen molar-refractivity contribution in [2.24, 2.45) is 5.92 Å². The van der Waals surface area contributed by atoms with Gasteiger partial charge in [0.25, 0.3) is 0 Å². The standard InChI is InChI=1S/C18H23N3O/c1-12(2)21-16-6-4-3-5-15(16)19-18(21)14-9-17(22)20(11-14)10-13-7-8-13/h3-6,12-14H,7-11H2,1-2H3. The van der Waals surface area contributed by atoms with Crippen molar-refractivity contribution in [2.75, 3.05) is 13.1 Å². The molecule has 1 saturated heterocycles. The van der Waals surface area contributed by atoms with Gasteiger partial charge in [-0.15, -0.1) is 0 Å². The molecule has 1 saturated carbocycles. The Morgan fingerprint density at radius 1 is 1.27 bits per heavy atom. The van der Waals surface area contributed by atoms with Crippen molar-refractivity contribution in [2.45, 2.75) is 45.1 Å². The highest BCUT2D eigenvalue weighted by Gasteiger charge is 2.37. The molecule has 1 unspecified atom stereocenters. The van der Waals surface area contributed by atoms with E-state index in [4.69, 9.17) is 4.98 Å². The molecule has 2 heterocycles. The molecule has 1 aliphatic heterocycles. The zero-order valence-corrected chi connectivity index (χ0v) is 13.3. The Morgan fingerprint density at radius 2 is 2.05 bits per heavy atom. The van der Waals surface area contributed by atoms with Crippen molar-refractivity contribution >= 4 is 16.9 Å². The smallest absolute Gasteiger partial charge is 0.223 e. The van der Waals surface area contributed by atoms with Crippen LogP contribution < -0.4 is 0 Å². The van der Waals surface area contributed by atoms with Gasteiger partial charge in [0.2, 0.25) is 5.91 Å².